The quantitative estimate of drug-likeness (QED) is 0.445. The molecule has 29 heavy (non-hydrogen) atoms. The fourth-order valence-corrected chi connectivity index (χ4v) is 4.10. The summed E-state index contributed by atoms with van der Waals surface area (Å²) in [5.74, 6) is -2.97. The summed E-state index contributed by atoms with van der Waals surface area (Å²) < 4.78 is 3.11. The summed E-state index contributed by atoms with van der Waals surface area (Å²) >= 11 is 0. The fraction of sp³-hybridized carbons (Fsp3) is 0.316. The summed E-state index contributed by atoms with van der Waals surface area (Å²) in [6.07, 6.45) is 2.78. The van der Waals surface area contributed by atoms with Crippen molar-refractivity contribution >= 4 is 23.4 Å². The predicted octanol–water partition coefficient (Wildman–Crippen LogP) is -0.797. The first-order valence-corrected chi connectivity index (χ1v) is 9.04. The second-order valence-electron chi connectivity index (χ2n) is 7.32. The molecule has 4 rings (SSSR count). The van der Waals surface area contributed by atoms with E-state index in [1.807, 2.05) is 0 Å². The van der Waals surface area contributed by atoms with Crippen molar-refractivity contribution in [3.05, 3.63) is 47.4 Å². The van der Waals surface area contributed by atoms with Crippen LogP contribution in [0.5, 0.6) is 0 Å². The number of carbonyl (C=O) groups is 3. The highest BCUT2D eigenvalue weighted by Gasteiger charge is 2.56. The molecule has 0 saturated carbocycles. The van der Waals surface area contributed by atoms with Gasteiger partial charge < -0.3 is 20.8 Å². The monoisotopic (exact) mass is 398 g/mol. The van der Waals surface area contributed by atoms with E-state index >= 15 is 0 Å². The third-order valence-corrected chi connectivity index (χ3v) is 5.41. The zero-order valence-electron chi connectivity index (χ0n) is 15.8. The van der Waals surface area contributed by atoms with Crippen molar-refractivity contribution in [1.29, 1.82) is 0 Å². The normalized spacial score (nSPS) is 21.8. The highest BCUT2D eigenvalue weighted by atomic mass is 16.4. The minimum atomic E-state index is -1.24. The number of aliphatic carboxylic acids is 1. The number of aliphatic hydroxyl groups is 1. The van der Waals surface area contributed by atoms with Gasteiger partial charge in [-0.1, -0.05) is 0 Å². The molecule has 2 aromatic rings. The van der Waals surface area contributed by atoms with Gasteiger partial charge in [0.15, 0.2) is 18.1 Å². The van der Waals surface area contributed by atoms with E-state index in [1.54, 1.807) is 36.3 Å². The Hall–Kier alpha value is -3.53. The number of carbonyl (C=O) groups excluding carboxylic acids is 2. The molecule has 0 bridgehead atoms. The van der Waals surface area contributed by atoms with Gasteiger partial charge in [0.25, 0.3) is 0 Å². The number of carboxylic acid groups (broad SMARTS) is 1. The molecule has 0 aliphatic carbocycles. The minimum absolute atomic E-state index is 0.129. The molecule has 1 saturated heterocycles. The molecule has 10 heteroatoms. The first kappa shape index (κ1) is 18.8. The van der Waals surface area contributed by atoms with Gasteiger partial charge in [0, 0.05) is 11.6 Å². The number of carboxylic acids is 1. The van der Waals surface area contributed by atoms with Gasteiger partial charge in [-0.2, -0.15) is 0 Å². The van der Waals surface area contributed by atoms with Crippen LogP contribution in [0.2, 0.25) is 0 Å². The van der Waals surface area contributed by atoms with Crippen LogP contribution < -0.4 is 10.4 Å². The van der Waals surface area contributed by atoms with Crippen LogP contribution in [0.25, 0.3) is 11.3 Å². The Kier molecular flexibility index (Phi) is 4.23. The Bertz CT molecular complexity index is 1090. The molecule has 0 radical (unpaired) electrons. The lowest BCUT2D eigenvalue weighted by Crippen LogP contribution is -2.61. The summed E-state index contributed by atoms with van der Waals surface area (Å²) in [4.78, 5) is 37.5. The van der Waals surface area contributed by atoms with Crippen LogP contribution in [0, 0.1) is 5.92 Å². The molecule has 2 aliphatic rings. The second-order valence-corrected chi connectivity index (χ2v) is 7.32. The van der Waals surface area contributed by atoms with Crippen molar-refractivity contribution in [3.8, 4) is 5.69 Å². The molecule has 1 aromatic carbocycles. The Balaban J connectivity index is 1.85. The van der Waals surface area contributed by atoms with Gasteiger partial charge in [-0.05, 0) is 36.6 Å². The fourth-order valence-electron chi connectivity index (χ4n) is 4.10. The molecule has 1 aromatic heterocycles. The number of aromatic nitrogens is 3. The number of rotatable bonds is 5. The van der Waals surface area contributed by atoms with Crippen molar-refractivity contribution in [2.24, 2.45) is 18.7 Å². The van der Waals surface area contributed by atoms with E-state index in [0.717, 1.165) is 0 Å². The maximum absolute atomic E-state index is 12.4. The van der Waals surface area contributed by atoms with Crippen molar-refractivity contribution in [2.75, 3.05) is 0 Å². The zero-order chi connectivity index (χ0) is 21.0. The maximum Gasteiger partial charge on any atom is 0.352 e. The van der Waals surface area contributed by atoms with E-state index < -0.39 is 35.8 Å². The van der Waals surface area contributed by atoms with Gasteiger partial charge in [0.05, 0.1) is 23.3 Å². The average Bonchev–Trinajstić information content (AvgIpc) is 3.22. The predicted molar refractivity (Wildman–Crippen MR) is 98.2 cm³/mol. The van der Waals surface area contributed by atoms with Crippen LogP contribution in [-0.2, 0) is 16.6 Å². The number of hydrogen-bond acceptors (Lipinski definition) is 5. The number of primary amides is 1. The van der Waals surface area contributed by atoms with Gasteiger partial charge in [0.2, 0.25) is 11.8 Å². The Morgan fingerprint density at radius 1 is 1.34 bits per heavy atom. The highest BCUT2D eigenvalue weighted by molar-refractivity contribution is 6.06. The molecular formula is C19H20N5O5+. The number of nitrogens with zero attached hydrogens (tertiary/aromatic N) is 4. The van der Waals surface area contributed by atoms with Crippen LogP contribution in [-0.4, -0.2) is 54.9 Å². The molecule has 4 N–H and O–H groups in total. The number of benzene rings is 1. The first-order valence-electron chi connectivity index (χ1n) is 9.04. The third-order valence-electron chi connectivity index (χ3n) is 5.41. The average molecular weight is 398 g/mol. The molecule has 10 nitrogen and oxygen atoms in total. The molecule has 0 spiro atoms. The molecule has 2 unspecified atom stereocenters. The Labute approximate surface area is 165 Å². The van der Waals surface area contributed by atoms with Gasteiger partial charge in [0.1, 0.15) is 12.7 Å². The summed E-state index contributed by atoms with van der Waals surface area (Å²) in [6.45, 7) is 1.52. The molecular weight excluding hydrogens is 378 g/mol. The summed E-state index contributed by atoms with van der Waals surface area (Å²) in [7, 11) is 1.74. The van der Waals surface area contributed by atoms with Crippen LogP contribution in [0.15, 0.2) is 36.3 Å². The topological polar surface area (TPSA) is 143 Å². The van der Waals surface area contributed by atoms with E-state index in [4.69, 9.17) is 5.73 Å². The van der Waals surface area contributed by atoms with E-state index in [1.165, 1.54) is 22.6 Å². The number of β-lactam (4-membered cyclic amide) rings is 1. The smallest absolute Gasteiger partial charge is 0.352 e. The summed E-state index contributed by atoms with van der Waals surface area (Å²) in [5, 5.41) is 23.9. The molecule has 2 aliphatic heterocycles. The number of hydrogen-bond donors (Lipinski definition) is 3. The molecule has 2 amide bonds. The summed E-state index contributed by atoms with van der Waals surface area (Å²) in [6, 6.07) is 4.35. The maximum atomic E-state index is 12.4. The lowest BCUT2D eigenvalue weighted by molar-refractivity contribution is -0.731. The van der Waals surface area contributed by atoms with E-state index in [0.29, 0.717) is 16.8 Å². The highest BCUT2D eigenvalue weighted by Crippen LogP contribution is 2.47. The molecule has 1 fully saturated rings. The Morgan fingerprint density at radius 2 is 2.07 bits per heavy atom. The number of nitrogens with two attached hydrogens (primary N) is 1. The van der Waals surface area contributed by atoms with Crippen molar-refractivity contribution < 1.29 is 29.3 Å². The molecule has 3 heterocycles. The van der Waals surface area contributed by atoms with E-state index in [9.17, 15) is 24.6 Å². The summed E-state index contributed by atoms with van der Waals surface area (Å²) in [5.41, 5.74) is 6.96. The first-order chi connectivity index (χ1) is 13.7. The van der Waals surface area contributed by atoms with Gasteiger partial charge in [-0.25, -0.2) is 4.79 Å². The largest absolute Gasteiger partial charge is 0.477 e. The van der Waals surface area contributed by atoms with E-state index in [2.05, 4.69) is 5.21 Å². The lowest BCUT2D eigenvalue weighted by Gasteiger charge is -2.44. The standard InChI is InChI=1S/C19H19N5O5/c1-9(25)15-14-8-13(16(19(28)29)24(14)18(15)27)10-5-11(17(20)26)7-12(6-10)23-4-3-22(2)21-23/h3-7,9,14-15,25H,8H2,1-2H3,(H2-,20,26,28,29)/p+1/t9-,14?,15?/m1/s1. The molecule has 3 atom stereocenters. The Morgan fingerprint density at radius 3 is 2.62 bits per heavy atom. The number of amides is 2. The SMILES string of the molecule is C[C@@H](O)C1C(=O)N2C(C(=O)O)=C(c3cc(C(N)=O)cc(-n4cc[n+](C)n4)c3)CC12. The number of aryl methyl sites for hydroxylation is 1. The number of fused-ring (bicyclic) bond motifs is 1. The molecule has 150 valence electrons. The van der Waals surface area contributed by atoms with E-state index in [-0.39, 0.29) is 17.7 Å². The third kappa shape index (κ3) is 2.88. The van der Waals surface area contributed by atoms with Crippen LogP contribution in [0.4, 0.5) is 0 Å². The van der Waals surface area contributed by atoms with Gasteiger partial charge in [-0.15, -0.1) is 9.36 Å². The van der Waals surface area contributed by atoms with Crippen LogP contribution in [0.3, 0.4) is 0 Å². The second kappa shape index (κ2) is 6.52. The van der Waals surface area contributed by atoms with Crippen LogP contribution in [0.1, 0.15) is 29.3 Å². The minimum Gasteiger partial charge on any atom is -0.477 e. The van der Waals surface area contributed by atoms with Gasteiger partial charge in [-0.3, -0.25) is 9.59 Å². The van der Waals surface area contributed by atoms with Crippen LogP contribution >= 0.6 is 0 Å². The lowest BCUT2D eigenvalue weighted by atomic mass is 9.82. The zero-order valence-corrected chi connectivity index (χ0v) is 15.8. The van der Waals surface area contributed by atoms with Crippen molar-refractivity contribution in [2.45, 2.75) is 25.5 Å². The van der Waals surface area contributed by atoms with Gasteiger partial charge >= 0.3 is 5.97 Å². The van der Waals surface area contributed by atoms with Crippen molar-refractivity contribution in [1.82, 2.24) is 14.8 Å². The van der Waals surface area contributed by atoms with Crippen molar-refractivity contribution in [3.63, 3.8) is 0 Å². The number of aliphatic hydroxyl groups excluding tert-OH is 1.